The number of nitrogens with two attached hydrogens (primary N) is 1. The first-order valence-electron chi connectivity index (χ1n) is 7.03. The molecule has 3 N–H and O–H groups in total. The summed E-state index contributed by atoms with van der Waals surface area (Å²) in [5.74, 6) is 0.899. The first-order valence-corrected chi connectivity index (χ1v) is 7.03. The predicted octanol–water partition coefficient (Wildman–Crippen LogP) is 1.71. The first-order chi connectivity index (χ1) is 9.73. The number of hydrogen-bond acceptors (Lipinski definition) is 5. The van der Waals surface area contributed by atoms with Gasteiger partial charge in [-0.05, 0) is 32.4 Å². The Balaban J connectivity index is 2.60. The molecule has 0 spiro atoms. The molecule has 0 saturated heterocycles. The van der Waals surface area contributed by atoms with Crippen LogP contribution in [0.4, 0.5) is 10.6 Å². The second-order valence-corrected chi connectivity index (χ2v) is 6.16. The van der Waals surface area contributed by atoms with E-state index in [1.807, 2.05) is 51.9 Å². The maximum atomic E-state index is 11.7. The van der Waals surface area contributed by atoms with E-state index in [-0.39, 0.29) is 5.92 Å². The van der Waals surface area contributed by atoms with Gasteiger partial charge < -0.3 is 20.7 Å². The van der Waals surface area contributed by atoms with Crippen LogP contribution in [0, 0.1) is 0 Å². The van der Waals surface area contributed by atoms with Gasteiger partial charge in [-0.2, -0.15) is 0 Å². The SMILES string of the molecule is CN(C)c1ccc(C(CN)CNC(=O)OC(C)(C)C)cn1. The first kappa shape index (κ1) is 17.2. The van der Waals surface area contributed by atoms with Crippen LogP contribution in [0.15, 0.2) is 18.3 Å². The zero-order chi connectivity index (χ0) is 16.0. The summed E-state index contributed by atoms with van der Waals surface area (Å²) in [6.45, 7) is 6.35. The number of nitrogens with one attached hydrogen (secondary N) is 1. The molecule has 1 rings (SSSR count). The maximum Gasteiger partial charge on any atom is 0.407 e. The highest BCUT2D eigenvalue weighted by atomic mass is 16.6. The van der Waals surface area contributed by atoms with Crippen molar-refractivity contribution < 1.29 is 9.53 Å². The molecule has 0 aliphatic heterocycles. The molecule has 1 unspecified atom stereocenters. The molecular formula is C15H26N4O2. The van der Waals surface area contributed by atoms with Gasteiger partial charge in [-0.25, -0.2) is 9.78 Å². The van der Waals surface area contributed by atoms with E-state index in [0.717, 1.165) is 11.4 Å². The van der Waals surface area contributed by atoms with Gasteiger partial charge in [0.05, 0.1) is 0 Å². The Kier molecular flexibility index (Phi) is 5.96. The lowest BCUT2D eigenvalue weighted by Crippen LogP contribution is -2.36. The van der Waals surface area contributed by atoms with Crippen LogP contribution in [0.3, 0.4) is 0 Å². The topological polar surface area (TPSA) is 80.5 Å². The highest BCUT2D eigenvalue weighted by Crippen LogP contribution is 2.16. The van der Waals surface area contributed by atoms with E-state index in [2.05, 4.69) is 10.3 Å². The minimum atomic E-state index is -0.503. The van der Waals surface area contributed by atoms with Gasteiger partial charge in [-0.1, -0.05) is 6.07 Å². The summed E-state index contributed by atoms with van der Waals surface area (Å²) in [5, 5.41) is 2.75. The summed E-state index contributed by atoms with van der Waals surface area (Å²) < 4.78 is 5.21. The number of nitrogens with zero attached hydrogens (tertiary/aromatic N) is 2. The Morgan fingerprint density at radius 1 is 1.43 bits per heavy atom. The van der Waals surface area contributed by atoms with E-state index in [9.17, 15) is 4.79 Å². The fourth-order valence-electron chi connectivity index (χ4n) is 1.76. The molecule has 1 aromatic rings. The predicted molar refractivity (Wildman–Crippen MR) is 84.6 cm³/mol. The Morgan fingerprint density at radius 2 is 2.10 bits per heavy atom. The zero-order valence-corrected chi connectivity index (χ0v) is 13.5. The van der Waals surface area contributed by atoms with Crippen molar-refractivity contribution in [3.8, 4) is 0 Å². The van der Waals surface area contributed by atoms with Crippen molar-refractivity contribution in [2.24, 2.45) is 5.73 Å². The van der Waals surface area contributed by atoms with E-state index >= 15 is 0 Å². The molecule has 1 amide bonds. The number of ether oxygens (including phenoxy) is 1. The van der Waals surface area contributed by atoms with Crippen molar-refractivity contribution in [3.63, 3.8) is 0 Å². The van der Waals surface area contributed by atoms with Gasteiger partial charge in [0, 0.05) is 39.3 Å². The molecule has 6 nitrogen and oxygen atoms in total. The second-order valence-electron chi connectivity index (χ2n) is 6.16. The Morgan fingerprint density at radius 3 is 2.52 bits per heavy atom. The summed E-state index contributed by atoms with van der Waals surface area (Å²) in [5.41, 5.74) is 6.28. The summed E-state index contributed by atoms with van der Waals surface area (Å²) in [4.78, 5) is 17.9. The number of alkyl carbamates (subject to hydrolysis) is 1. The van der Waals surface area contributed by atoms with Gasteiger partial charge in [-0.3, -0.25) is 0 Å². The van der Waals surface area contributed by atoms with Crippen molar-refractivity contribution in [1.82, 2.24) is 10.3 Å². The van der Waals surface area contributed by atoms with Crippen LogP contribution in [0.5, 0.6) is 0 Å². The third kappa shape index (κ3) is 5.99. The molecule has 0 fully saturated rings. The lowest BCUT2D eigenvalue weighted by Gasteiger charge is -2.21. The molecule has 1 atom stereocenters. The number of rotatable bonds is 5. The molecular weight excluding hydrogens is 268 g/mol. The van der Waals surface area contributed by atoms with Crippen LogP contribution in [-0.4, -0.2) is 43.9 Å². The standard InChI is InChI=1S/C15H26N4O2/c1-15(2,3)21-14(20)18-10-12(8-16)11-6-7-13(17-9-11)19(4)5/h6-7,9,12H,8,10,16H2,1-5H3,(H,18,20). The van der Waals surface area contributed by atoms with Gasteiger partial charge in [0.2, 0.25) is 0 Å². The summed E-state index contributed by atoms with van der Waals surface area (Å²) >= 11 is 0. The minimum Gasteiger partial charge on any atom is -0.444 e. The number of hydrogen-bond donors (Lipinski definition) is 2. The smallest absolute Gasteiger partial charge is 0.407 e. The molecule has 1 heterocycles. The third-order valence-corrected chi connectivity index (χ3v) is 2.88. The molecule has 6 heteroatoms. The van der Waals surface area contributed by atoms with Crippen molar-refractivity contribution in [3.05, 3.63) is 23.9 Å². The largest absolute Gasteiger partial charge is 0.444 e. The summed E-state index contributed by atoms with van der Waals surface area (Å²) in [6, 6.07) is 3.92. The van der Waals surface area contributed by atoms with Gasteiger partial charge in [-0.15, -0.1) is 0 Å². The quantitative estimate of drug-likeness (QED) is 0.864. The number of carbonyl (C=O) groups excluding carboxylic acids is 1. The van der Waals surface area contributed by atoms with Gasteiger partial charge in [0.25, 0.3) is 0 Å². The van der Waals surface area contributed by atoms with Crippen molar-refractivity contribution in [1.29, 1.82) is 0 Å². The van der Waals surface area contributed by atoms with E-state index in [0.29, 0.717) is 13.1 Å². The summed E-state index contributed by atoms with van der Waals surface area (Å²) in [6.07, 6.45) is 1.36. The highest BCUT2D eigenvalue weighted by Gasteiger charge is 2.18. The van der Waals surface area contributed by atoms with E-state index < -0.39 is 11.7 Å². The van der Waals surface area contributed by atoms with E-state index in [1.54, 1.807) is 6.20 Å². The Labute approximate surface area is 126 Å². The molecule has 0 radical (unpaired) electrons. The van der Waals surface area contributed by atoms with Gasteiger partial charge in [0.15, 0.2) is 0 Å². The van der Waals surface area contributed by atoms with Crippen molar-refractivity contribution in [2.75, 3.05) is 32.1 Å². The van der Waals surface area contributed by atoms with Crippen LogP contribution in [0.1, 0.15) is 32.3 Å². The van der Waals surface area contributed by atoms with Gasteiger partial charge in [0.1, 0.15) is 11.4 Å². The number of amides is 1. The molecule has 0 aromatic carbocycles. The van der Waals surface area contributed by atoms with Crippen LogP contribution in [0.2, 0.25) is 0 Å². The molecule has 0 saturated carbocycles. The van der Waals surface area contributed by atoms with E-state index in [1.165, 1.54) is 0 Å². The lowest BCUT2D eigenvalue weighted by atomic mass is 10.0. The second kappa shape index (κ2) is 7.26. The number of pyridine rings is 1. The average molecular weight is 294 g/mol. The molecule has 0 aliphatic carbocycles. The monoisotopic (exact) mass is 294 g/mol. The maximum absolute atomic E-state index is 11.7. The lowest BCUT2D eigenvalue weighted by molar-refractivity contribution is 0.0525. The highest BCUT2D eigenvalue weighted by molar-refractivity contribution is 5.67. The van der Waals surface area contributed by atoms with Crippen LogP contribution in [-0.2, 0) is 4.74 Å². The number of anilines is 1. The fraction of sp³-hybridized carbons (Fsp3) is 0.600. The Hall–Kier alpha value is -1.82. The number of carbonyl (C=O) groups is 1. The van der Waals surface area contributed by atoms with E-state index in [4.69, 9.17) is 10.5 Å². The molecule has 0 aliphatic rings. The molecule has 1 aromatic heterocycles. The minimum absolute atomic E-state index is 0.0150. The van der Waals surface area contributed by atoms with Crippen molar-refractivity contribution >= 4 is 11.9 Å². The molecule has 0 bridgehead atoms. The normalized spacial score (nSPS) is 12.7. The number of aromatic nitrogens is 1. The van der Waals surface area contributed by atoms with Crippen LogP contribution in [0.25, 0.3) is 0 Å². The molecule has 21 heavy (non-hydrogen) atoms. The summed E-state index contributed by atoms with van der Waals surface area (Å²) in [7, 11) is 3.87. The zero-order valence-electron chi connectivity index (χ0n) is 13.5. The third-order valence-electron chi connectivity index (χ3n) is 2.88. The van der Waals surface area contributed by atoms with Crippen LogP contribution < -0.4 is 16.0 Å². The fourth-order valence-corrected chi connectivity index (χ4v) is 1.76. The molecule has 118 valence electrons. The van der Waals surface area contributed by atoms with Crippen molar-refractivity contribution in [2.45, 2.75) is 32.3 Å². The average Bonchev–Trinajstić information content (AvgIpc) is 2.38. The van der Waals surface area contributed by atoms with Gasteiger partial charge >= 0.3 is 6.09 Å². The Bertz CT molecular complexity index is 452. The van der Waals surface area contributed by atoms with Crippen LogP contribution >= 0.6 is 0 Å².